The van der Waals surface area contributed by atoms with E-state index in [1.165, 1.54) is 6.33 Å². The van der Waals surface area contributed by atoms with Crippen LogP contribution in [0.25, 0.3) is 0 Å². The first kappa shape index (κ1) is 18.8. The quantitative estimate of drug-likeness (QED) is 0.673. The predicted octanol–water partition coefficient (Wildman–Crippen LogP) is 2.70. The van der Waals surface area contributed by atoms with E-state index >= 15 is 0 Å². The van der Waals surface area contributed by atoms with E-state index < -0.39 is 6.10 Å². The van der Waals surface area contributed by atoms with E-state index in [4.69, 9.17) is 4.74 Å². The van der Waals surface area contributed by atoms with Gasteiger partial charge in [-0.3, -0.25) is 9.59 Å². The average Bonchev–Trinajstić information content (AvgIpc) is 3.43. The van der Waals surface area contributed by atoms with Crippen LogP contribution in [0.5, 0.6) is 0 Å². The maximum atomic E-state index is 12.7. The van der Waals surface area contributed by atoms with Gasteiger partial charge in [-0.2, -0.15) is 5.10 Å². The van der Waals surface area contributed by atoms with E-state index in [0.717, 1.165) is 18.4 Å². The zero-order chi connectivity index (χ0) is 20.1. The van der Waals surface area contributed by atoms with E-state index in [1.54, 1.807) is 35.3 Å². The Balaban J connectivity index is 1.41. The Morgan fingerprint density at radius 2 is 1.93 bits per heavy atom. The largest absolute Gasteiger partial charge is 0.368 e. The summed E-state index contributed by atoms with van der Waals surface area (Å²) in [6, 6.07) is 14.4. The van der Waals surface area contributed by atoms with Gasteiger partial charge in [0.2, 0.25) is 0 Å². The van der Waals surface area contributed by atoms with Crippen molar-refractivity contribution in [2.24, 2.45) is 0 Å². The summed E-state index contributed by atoms with van der Waals surface area (Å²) in [7, 11) is 0. The van der Waals surface area contributed by atoms with E-state index in [1.807, 2.05) is 24.3 Å². The first-order valence-corrected chi connectivity index (χ1v) is 9.42. The maximum Gasteiger partial charge on any atom is 0.255 e. The second-order valence-electron chi connectivity index (χ2n) is 6.82. The first-order chi connectivity index (χ1) is 14.2. The third kappa shape index (κ3) is 4.85. The molecule has 148 valence electrons. The standard InChI is InChI=1S/C21H21N5O3/c27-20(24-17-6-1-4-15(10-17)12-26-14-22-13-23-26)16-5-2-7-18(11-16)25-21(28)19-8-3-9-29-19/h1-2,4-7,10-11,13-14,19H,3,8-9,12H2,(H,24,27)(H,25,28). The molecule has 1 aromatic heterocycles. The van der Waals surface area contributed by atoms with Gasteiger partial charge in [0.15, 0.2) is 0 Å². The number of carbonyl (C=O) groups excluding carboxylic acids is 2. The molecule has 0 bridgehead atoms. The molecule has 1 atom stereocenters. The number of benzene rings is 2. The van der Waals surface area contributed by atoms with Crippen molar-refractivity contribution in [3.63, 3.8) is 0 Å². The number of anilines is 2. The van der Waals surface area contributed by atoms with Gasteiger partial charge >= 0.3 is 0 Å². The Morgan fingerprint density at radius 3 is 2.69 bits per heavy atom. The van der Waals surface area contributed by atoms with Crippen LogP contribution in [0.2, 0.25) is 0 Å². The van der Waals surface area contributed by atoms with Crippen LogP contribution in [-0.2, 0) is 16.1 Å². The number of hydrogen-bond donors (Lipinski definition) is 2. The van der Waals surface area contributed by atoms with Gasteiger partial charge in [-0.05, 0) is 48.7 Å². The monoisotopic (exact) mass is 391 g/mol. The fourth-order valence-electron chi connectivity index (χ4n) is 3.20. The zero-order valence-electron chi connectivity index (χ0n) is 15.7. The van der Waals surface area contributed by atoms with Gasteiger partial charge in [-0.15, -0.1) is 0 Å². The fourth-order valence-corrected chi connectivity index (χ4v) is 3.20. The molecule has 0 aliphatic carbocycles. The van der Waals surface area contributed by atoms with Crippen molar-refractivity contribution in [1.82, 2.24) is 14.8 Å². The smallest absolute Gasteiger partial charge is 0.255 e. The molecule has 2 N–H and O–H groups in total. The number of ether oxygens (including phenoxy) is 1. The van der Waals surface area contributed by atoms with Crippen molar-refractivity contribution in [1.29, 1.82) is 0 Å². The molecular formula is C21H21N5O3. The molecular weight excluding hydrogens is 370 g/mol. The van der Waals surface area contributed by atoms with Crippen LogP contribution in [0.15, 0.2) is 61.2 Å². The number of nitrogens with one attached hydrogen (secondary N) is 2. The summed E-state index contributed by atoms with van der Waals surface area (Å²) >= 11 is 0. The minimum absolute atomic E-state index is 0.180. The highest BCUT2D eigenvalue weighted by Gasteiger charge is 2.23. The molecule has 0 saturated carbocycles. The molecule has 1 unspecified atom stereocenters. The summed E-state index contributed by atoms with van der Waals surface area (Å²) in [5.41, 5.74) is 2.70. The Bertz CT molecular complexity index is 997. The van der Waals surface area contributed by atoms with Crippen LogP contribution in [0.3, 0.4) is 0 Å². The number of hydrogen-bond acceptors (Lipinski definition) is 5. The van der Waals surface area contributed by atoms with Gasteiger partial charge in [-0.1, -0.05) is 18.2 Å². The Morgan fingerprint density at radius 1 is 1.10 bits per heavy atom. The minimum atomic E-state index is -0.416. The molecule has 29 heavy (non-hydrogen) atoms. The molecule has 3 aromatic rings. The lowest BCUT2D eigenvalue weighted by molar-refractivity contribution is -0.124. The molecule has 2 amide bonds. The van der Waals surface area contributed by atoms with E-state index in [0.29, 0.717) is 30.1 Å². The zero-order valence-corrected chi connectivity index (χ0v) is 15.7. The van der Waals surface area contributed by atoms with E-state index in [2.05, 4.69) is 20.7 Å². The summed E-state index contributed by atoms with van der Waals surface area (Å²) in [4.78, 5) is 28.8. The molecule has 1 saturated heterocycles. The molecule has 1 aliphatic heterocycles. The van der Waals surface area contributed by atoms with Gasteiger partial charge in [0.05, 0.1) is 6.54 Å². The highest BCUT2D eigenvalue weighted by molar-refractivity contribution is 6.05. The van der Waals surface area contributed by atoms with Crippen LogP contribution in [0.4, 0.5) is 11.4 Å². The highest BCUT2D eigenvalue weighted by atomic mass is 16.5. The van der Waals surface area contributed by atoms with Crippen LogP contribution in [-0.4, -0.2) is 39.3 Å². The molecule has 0 spiro atoms. The Kier molecular flexibility index (Phi) is 5.62. The van der Waals surface area contributed by atoms with Crippen molar-refractivity contribution < 1.29 is 14.3 Å². The second-order valence-corrected chi connectivity index (χ2v) is 6.82. The molecule has 2 aromatic carbocycles. The number of carbonyl (C=O) groups is 2. The molecule has 1 aliphatic rings. The third-order valence-electron chi connectivity index (χ3n) is 4.61. The molecule has 4 rings (SSSR count). The van der Waals surface area contributed by atoms with Crippen molar-refractivity contribution in [2.75, 3.05) is 17.2 Å². The molecule has 2 heterocycles. The summed E-state index contributed by atoms with van der Waals surface area (Å²) in [6.45, 7) is 1.17. The van der Waals surface area contributed by atoms with Crippen molar-refractivity contribution in [3.05, 3.63) is 72.3 Å². The van der Waals surface area contributed by atoms with E-state index in [-0.39, 0.29) is 11.8 Å². The van der Waals surface area contributed by atoms with Gasteiger partial charge in [0, 0.05) is 23.5 Å². The van der Waals surface area contributed by atoms with Gasteiger partial charge in [0.1, 0.15) is 18.8 Å². The molecule has 1 fully saturated rings. The van der Waals surface area contributed by atoms with Crippen molar-refractivity contribution in [2.45, 2.75) is 25.5 Å². The van der Waals surface area contributed by atoms with Gasteiger partial charge in [0.25, 0.3) is 11.8 Å². The first-order valence-electron chi connectivity index (χ1n) is 9.42. The molecule has 8 nitrogen and oxygen atoms in total. The Labute approximate surface area is 167 Å². The predicted molar refractivity (Wildman–Crippen MR) is 108 cm³/mol. The van der Waals surface area contributed by atoms with Crippen LogP contribution in [0.1, 0.15) is 28.8 Å². The molecule has 0 radical (unpaired) electrons. The maximum absolute atomic E-state index is 12.7. The summed E-state index contributed by atoms with van der Waals surface area (Å²) in [5, 5.41) is 9.80. The van der Waals surface area contributed by atoms with Gasteiger partial charge in [-0.25, -0.2) is 9.67 Å². The lowest BCUT2D eigenvalue weighted by atomic mass is 10.1. The SMILES string of the molecule is O=C(Nc1cccc(Cn2cncn2)c1)c1cccc(NC(=O)C2CCCO2)c1. The summed E-state index contributed by atoms with van der Waals surface area (Å²) in [6.07, 6.45) is 4.31. The van der Waals surface area contributed by atoms with E-state index in [9.17, 15) is 9.59 Å². The topological polar surface area (TPSA) is 98.1 Å². The highest BCUT2D eigenvalue weighted by Crippen LogP contribution is 2.18. The lowest BCUT2D eigenvalue weighted by Gasteiger charge is -2.12. The number of amides is 2. The normalized spacial score (nSPS) is 15.8. The average molecular weight is 391 g/mol. The summed E-state index contributed by atoms with van der Waals surface area (Å²) in [5.74, 6) is -0.433. The van der Waals surface area contributed by atoms with Crippen LogP contribution >= 0.6 is 0 Å². The van der Waals surface area contributed by atoms with Crippen LogP contribution in [0, 0.1) is 0 Å². The number of rotatable bonds is 6. The fraction of sp³-hybridized carbons (Fsp3) is 0.238. The Hall–Kier alpha value is -3.52. The van der Waals surface area contributed by atoms with Crippen LogP contribution < -0.4 is 10.6 Å². The number of nitrogens with zero attached hydrogens (tertiary/aromatic N) is 3. The third-order valence-corrected chi connectivity index (χ3v) is 4.61. The van der Waals surface area contributed by atoms with Crippen molar-refractivity contribution in [3.8, 4) is 0 Å². The number of aromatic nitrogens is 3. The lowest BCUT2D eigenvalue weighted by Crippen LogP contribution is -2.27. The van der Waals surface area contributed by atoms with Crippen molar-refractivity contribution >= 4 is 23.2 Å². The molecule has 8 heteroatoms. The van der Waals surface area contributed by atoms with Gasteiger partial charge < -0.3 is 15.4 Å². The second kappa shape index (κ2) is 8.66. The summed E-state index contributed by atoms with van der Waals surface area (Å²) < 4.78 is 7.10. The minimum Gasteiger partial charge on any atom is -0.368 e.